The number of rotatable bonds is 3. The van der Waals surface area contributed by atoms with Crippen LogP contribution in [0.4, 0.5) is 0 Å². The predicted octanol–water partition coefficient (Wildman–Crippen LogP) is -0.168. The van der Waals surface area contributed by atoms with Crippen molar-refractivity contribution < 1.29 is 38.5 Å². The van der Waals surface area contributed by atoms with E-state index >= 15 is 0 Å². The van der Waals surface area contributed by atoms with Crippen LogP contribution in [0, 0.1) is 11.8 Å². The fourth-order valence-corrected chi connectivity index (χ4v) is 2.02. The summed E-state index contributed by atoms with van der Waals surface area (Å²) in [6.45, 7) is 2.89. The molecular formula is C14H20O8. The van der Waals surface area contributed by atoms with Gasteiger partial charge in [0.05, 0.1) is 6.61 Å². The molecule has 0 radical (unpaired) electrons. The molecule has 0 saturated carbocycles. The fraction of sp³-hybridized carbons (Fsp3) is 0.714. The molecule has 124 valence electrons. The van der Waals surface area contributed by atoms with Crippen molar-refractivity contribution in [3.05, 3.63) is 0 Å². The zero-order valence-corrected chi connectivity index (χ0v) is 12.4. The Labute approximate surface area is 127 Å². The molecule has 8 nitrogen and oxygen atoms in total. The summed E-state index contributed by atoms with van der Waals surface area (Å²) in [7, 11) is 0. The first-order chi connectivity index (χ1) is 10.5. The van der Waals surface area contributed by atoms with Gasteiger partial charge in [-0.3, -0.25) is 19.2 Å². The second kappa shape index (κ2) is 9.26. The van der Waals surface area contributed by atoms with Gasteiger partial charge < -0.3 is 19.3 Å². The molecule has 22 heavy (non-hydrogen) atoms. The topological polar surface area (TPSA) is 116 Å². The maximum absolute atomic E-state index is 11.1. The number of ketones is 2. The number of carbonyl (C=O) groups excluding carboxylic acids is 3. The molecule has 1 N–H and O–H groups in total. The summed E-state index contributed by atoms with van der Waals surface area (Å²) < 4.78 is 14.4. The predicted molar refractivity (Wildman–Crippen MR) is 72.1 cm³/mol. The van der Waals surface area contributed by atoms with E-state index in [1.807, 2.05) is 0 Å². The summed E-state index contributed by atoms with van der Waals surface area (Å²) in [5, 5.41) is 8.43. The second-order valence-electron chi connectivity index (χ2n) is 4.81. The average molecular weight is 316 g/mol. The summed E-state index contributed by atoms with van der Waals surface area (Å²) in [6.07, 6.45) is 0.770. The standard InChI is InChI=1S/C8H12O4.C6H8O4/c1-2-12-8(10)6-3-4-11-5-7(6)9;7-5-3-10-2-1-4(5)6(8)9/h6H,2-5H2,1H3;4H,1-3H2,(H,8,9). The van der Waals surface area contributed by atoms with Gasteiger partial charge in [0, 0.05) is 13.2 Å². The quantitative estimate of drug-likeness (QED) is 0.563. The number of aliphatic carboxylic acids is 1. The highest BCUT2D eigenvalue weighted by Gasteiger charge is 2.30. The van der Waals surface area contributed by atoms with Gasteiger partial charge in [-0.15, -0.1) is 0 Å². The summed E-state index contributed by atoms with van der Waals surface area (Å²) in [5.41, 5.74) is 0. The third-order valence-corrected chi connectivity index (χ3v) is 3.24. The van der Waals surface area contributed by atoms with Gasteiger partial charge in [-0.05, 0) is 19.8 Å². The third-order valence-electron chi connectivity index (χ3n) is 3.24. The smallest absolute Gasteiger partial charge is 0.316 e. The van der Waals surface area contributed by atoms with Crippen molar-refractivity contribution >= 4 is 23.5 Å². The molecule has 0 aliphatic carbocycles. The molecule has 0 aromatic rings. The minimum absolute atomic E-state index is 0.0447. The number of carbonyl (C=O) groups is 4. The van der Waals surface area contributed by atoms with Crippen LogP contribution >= 0.6 is 0 Å². The van der Waals surface area contributed by atoms with Gasteiger partial charge in [0.25, 0.3) is 0 Å². The van der Waals surface area contributed by atoms with Crippen molar-refractivity contribution in [1.82, 2.24) is 0 Å². The Kier molecular flexibility index (Phi) is 7.69. The molecule has 2 atom stereocenters. The van der Waals surface area contributed by atoms with E-state index < -0.39 is 23.8 Å². The zero-order chi connectivity index (χ0) is 16.5. The highest BCUT2D eigenvalue weighted by Crippen LogP contribution is 2.13. The Bertz CT molecular complexity index is 431. The van der Waals surface area contributed by atoms with E-state index in [0.29, 0.717) is 32.7 Å². The van der Waals surface area contributed by atoms with Crippen molar-refractivity contribution in [2.24, 2.45) is 11.8 Å². The van der Waals surface area contributed by atoms with Gasteiger partial charge in [-0.1, -0.05) is 0 Å². The molecular weight excluding hydrogens is 296 g/mol. The number of ether oxygens (including phenoxy) is 3. The van der Waals surface area contributed by atoms with Crippen LogP contribution in [0.3, 0.4) is 0 Å². The molecule has 2 aliphatic rings. The molecule has 2 fully saturated rings. The first-order valence-electron chi connectivity index (χ1n) is 7.07. The number of carboxylic acids is 1. The van der Waals surface area contributed by atoms with E-state index in [1.54, 1.807) is 6.92 Å². The second-order valence-corrected chi connectivity index (χ2v) is 4.81. The molecule has 2 heterocycles. The van der Waals surface area contributed by atoms with E-state index in [4.69, 9.17) is 19.3 Å². The SMILES string of the molecule is CCOC(=O)C1CCOCC1=O.O=C(O)C1CCOCC1=O. The lowest BCUT2D eigenvalue weighted by Gasteiger charge is -2.18. The Balaban J connectivity index is 0.000000224. The molecule has 0 spiro atoms. The first kappa shape index (κ1) is 18.2. The van der Waals surface area contributed by atoms with Crippen molar-refractivity contribution in [2.75, 3.05) is 33.0 Å². The Morgan fingerprint density at radius 2 is 1.59 bits per heavy atom. The monoisotopic (exact) mass is 316 g/mol. The van der Waals surface area contributed by atoms with Crippen molar-refractivity contribution in [3.8, 4) is 0 Å². The van der Waals surface area contributed by atoms with E-state index in [1.165, 1.54) is 0 Å². The van der Waals surface area contributed by atoms with Crippen LogP contribution in [-0.2, 0) is 33.4 Å². The van der Waals surface area contributed by atoms with Crippen LogP contribution in [0.25, 0.3) is 0 Å². The molecule has 0 amide bonds. The van der Waals surface area contributed by atoms with Gasteiger partial charge in [0.2, 0.25) is 0 Å². The number of Topliss-reactive ketones (excluding diaryl/α,β-unsaturated/α-hetero) is 2. The van der Waals surface area contributed by atoms with Crippen LogP contribution in [0.1, 0.15) is 19.8 Å². The number of carboxylic acid groups (broad SMARTS) is 1. The molecule has 0 bridgehead atoms. The highest BCUT2D eigenvalue weighted by atomic mass is 16.5. The minimum atomic E-state index is -1.03. The van der Waals surface area contributed by atoms with Gasteiger partial charge in [0.1, 0.15) is 25.0 Å². The van der Waals surface area contributed by atoms with E-state index in [-0.39, 0.29) is 24.8 Å². The first-order valence-corrected chi connectivity index (χ1v) is 7.07. The summed E-state index contributed by atoms with van der Waals surface area (Å²) in [4.78, 5) is 43.2. The van der Waals surface area contributed by atoms with Crippen molar-refractivity contribution in [3.63, 3.8) is 0 Å². The van der Waals surface area contributed by atoms with E-state index in [0.717, 1.165) is 0 Å². The van der Waals surface area contributed by atoms with Gasteiger partial charge in [0.15, 0.2) is 11.6 Å². The van der Waals surface area contributed by atoms with Crippen LogP contribution in [0.2, 0.25) is 0 Å². The molecule has 2 rings (SSSR count). The third kappa shape index (κ3) is 5.53. The van der Waals surface area contributed by atoms with Crippen molar-refractivity contribution in [2.45, 2.75) is 19.8 Å². The average Bonchev–Trinajstić information content (AvgIpc) is 2.48. The Morgan fingerprint density at radius 1 is 1.09 bits per heavy atom. The number of hydrogen-bond acceptors (Lipinski definition) is 7. The Morgan fingerprint density at radius 3 is 1.95 bits per heavy atom. The highest BCUT2D eigenvalue weighted by molar-refractivity contribution is 6.00. The summed E-state index contributed by atoms with van der Waals surface area (Å²) in [6, 6.07) is 0. The normalized spacial score (nSPS) is 25.0. The van der Waals surface area contributed by atoms with Gasteiger partial charge in [-0.2, -0.15) is 0 Å². The van der Waals surface area contributed by atoms with E-state index in [2.05, 4.69) is 0 Å². The number of hydrogen-bond donors (Lipinski definition) is 1. The Hall–Kier alpha value is -1.80. The maximum atomic E-state index is 11.1. The molecule has 2 saturated heterocycles. The molecule has 0 aromatic heterocycles. The van der Waals surface area contributed by atoms with Crippen LogP contribution in [0.15, 0.2) is 0 Å². The molecule has 2 aliphatic heterocycles. The zero-order valence-electron chi connectivity index (χ0n) is 12.4. The lowest BCUT2D eigenvalue weighted by molar-refractivity contribution is -0.156. The lowest BCUT2D eigenvalue weighted by Crippen LogP contribution is -2.34. The van der Waals surface area contributed by atoms with Crippen LogP contribution in [-0.4, -0.2) is 61.6 Å². The van der Waals surface area contributed by atoms with E-state index in [9.17, 15) is 19.2 Å². The van der Waals surface area contributed by atoms with Crippen LogP contribution in [0.5, 0.6) is 0 Å². The van der Waals surface area contributed by atoms with Crippen molar-refractivity contribution in [1.29, 1.82) is 0 Å². The lowest BCUT2D eigenvalue weighted by atomic mass is 9.99. The maximum Gasteiger partial charge on any atom is 0.316 e. The molecule has 0 aromatic carbocycles. The summed E-state index contributed by atoms with van der Waals surface area (Å²) >= 11 is 0. The summed E-state index contributed by atoms with van der Waals surface area (Å²) in [5.74, 6) is -3.34. The largest absolute Gasteiger partial charge is 0.481 e. The molecule has 2 unspecified atom stereocenters. The van der Waals surface area contributed by atoms with Gasteiger partial charge >= 0.3 is 11.9 Å². The number of esters is 1. The minimum Gasteiger partial charge on any atom is -0.481 e. The fourth-order valence-electron chi connectivity index (χ4n) is 2.02. The van der Waals surface area contributed by atoms with Crippen LogP contribution < -0.4 is 0 Å². The molecule has 8 heteroatoms. The van der Waals surface area contributed by atoms with Gasteiger partial charge in [-0.25, -0.2) is 0 Å².